The van der Waals surface area contributed by atoms with Crippen molar-refractivity contribution in [1.82, 2.24) is 1.33 Å². The SMILES string of the molecule is CC(C)N(I)I. The maximum Gasteiger partial charge on any atom is 0.0311 e. The third kappa shape index (κ3) is 3.60. The highest BCUT2D eigenvalue weighted by Gasteiger charge is 1.95. The summed E-state index contributed by atoms with van der Waals surface area (Å²) in [6.07, 6.45) is 0. The van der Waals surface area contributed by atoms with E-state index in [0.29, 0.717) is 6.04 Å². The fourth-order valence-corrected chi connectivity index (χ4v) is 0. The van der Waals surface area contributed by atoms with Gasteiger partial charge in [-0.3, -0.25) is 0 Å². The molecule has 6 heavy (non-hydrogen) atoms. The van der Waals surface area contributed by atoms with E-state index in [9.17, 15) is 0 Å². The molecule has 0 N–H and O–H groups in total. The molecule has 0 fully saturated rings. The Kier molecular flexibility index (Phi) is 4.24. The molecule has 0 radical (unpaired) electrons. The Hall–Kier alpha value is 1.42. The molecule has 0 saturated heterocycles. The molecule has 0 aliphatic heterocycles. The van der Waals surface area contributed by atoms with Crippen molar-refractivity contribution in [1.29, 1.82) is 0 Å². The molecule has 3 heteroatoms. The highest BCUT2D eigenvalue weighted by atomic mass is 127. The predicted octanol–water partition coefficient (Wildman–Crippen LogP) is 2.40. The molecule has 0 aliphatic rings. The molecule has 0 unspecified atom stereocenters. The van der Waals surface area contributed by atoms with E-state index in [-0.39, 0.29) is 0 Å². The lowest BCUT2D eigenvalue weighted by atomic mass is 10.4. The number of rotatable bonds is 1. The minimum Gasteiger partial charge on any atom is -0.186 e. The number of hydrogen-bond donors (Lipinski definition) is 0. The van der Waals surface area contributed by atoms with Crippen LogP contribution >= 0.6 is 45.7 Å². The fraction of sp³-hybridized carbons (Fsp3) is 1.00. The van der Waals surface area contributed by atoms with Crippen LogP contribution in [-0.4, -0.2) is 7.37 Å². The molecular formula is C3H7I2N. The molecular weight excluding hydrogens is 304 g/mol. The van der Waals surface area contributed by atoms with Gasteiger partial charge in [0.1, 0.15) is 0 Å². The van der Waals surface area contributed by atoms with Crippen molar-refractivity contribution in [3.05, 3.63) is 0 Å². The van der Waals surface area contributed by atoms with Gasteiger partial charge in [0.05, 0.1) is 0 Å². The van der Waals surface area contributed by atoms with Gasteiger partial charge in [-0.25, -0.2) is 0 Å². The largest absolute Gasteiger partial charge is 0.186 e. The molecule has 0 spiro atoms. The summed E-state index contributed by atoms with van der Waals surface area (Å²) >= 11 is 4.50. The second kappa shape index (κ2) is 3.43. The van der Waals surface area contributed by atoms with Crippen LogP contribution in [0.5, 0.6) is 0 Å². The Morgan fingerprint density at radius 1 is 1.33 bits per heavy atom. The molecule has 0 aromatic rings. The van der Waals surface area contributed by atoms with E-state index in [2.05, 4.69) is 60.9 Å². The highest BCUT2D eigenvalue weighted by molar-refractivity contribution is 14.2. The van der Waals surface area contributed by atoms with Crippen molar-refractivity contribution in [3.63, 3.8) is 0 Å². The molecule has 0 bridgehead atoms. The molecule has 0 rings (SSSR count). The fourth-order valence-electron chi connectivity index (χ4n) is 0. The van der Waals surface area contributed by atoms with Crippen molar-refractivity contribution in [2.45, 2.75) is 19.9 Å². The lowest BCUT2D eigenvalue weighted by Crippen LogP contribution is -2.06. The lowest BCUT2D eigenvalue weighted by molar-refractivity contribution is 0.667. The Balaban J connectivity index is 2.99. The average molecular weight is 311 g/mol. The van der Waals surface area contributed by atoms with Gasteiger partial charge in [0.25, 0.3) is 0 Å². The van der Waals surface area contributed by atoms with Gasteiger partial charge < -0.3 is 0 Å². The zero-order valence-corrected chi connectivity index (χ0v) is 8.10. The summed E-state index contributed by atoms with van der Waals surface area (Å²) in [6, 6.07) is 0.659. The van der Waals surface area contributed by atoms with Crippen LogP contribution in [0.4, 0.5) is 0 Å². The molecule has 0 amide bonds. The van der Waals surface area contributed by atoms with Gasteiger partial charge in [-0.05, 0) is 13.8 Å². The summed E-state index contributed by atoms with van der Waals surface area (Å²) in [5.74, 6) is 0. The molecule has 38 valence electrons. The topological polar surface area (TPSA) is 3.24 Å². The van der Waals surface area contributed by atoms with E-state index in [1.807, 2.05) is 0 Å². The van der Waals surface area contributed by atoms with Gasteiger partial charge in [0.2, 0.25) is 0 Å². The van der Waals surface area contributed by atoms with E-state index >= 15 is 0 Å². The van der Waals surface area contributed by atoms with E-state index in [1.165, 1.54) is 0 Å². The molecule has 1 nitrogen and oxygen atoms in total. The Morgan fingerprint density at radius 2 is 1.50 bits per heavy atom. The Bertz CT molecular complexity index is 29.8. The van der Waals surface area contributed by atoms with Crippen molar-refractivity contribution >= 4 is 45.7 Å². The van der Waals surface area contributed by atoms with E-state index < -0.39 is 0 Å². The van der Waals surface area contributed by atoms with Crippen LogP contribution < -0.4 is 0 Å². The summed E-state index contributed by atoms with van der Waals surface area (Å²) in [5, 5.41) is 0. The van der Waals surface area contributed by atoms with Crippen LogP contribution in [0.3, 0.4) is 0 Å². The zero-order valence-electron chi connectivity index (χ0n) is 3.78. The molecule has 0 aromatic carbocycles. The third-order valence-electron chi connectivity index (χ3n) is 0.390. The van der Waals surface area contributed by atoms with Gasteiger partial charge in [0.15, 0.2) is 0 Å². The van der Waals surface area contributed by atoms with E-state index in [0.717, 1.165) is 0 Å². The van der Waals surface area contributed by atoms with Gasteiger partial charge in [0, 0.05) is 51.8 Å². The van der Waals surface area contributed by atoms with Crippen LogP contribution in [0.2, 0.25) is 0 Å². The first-order valence-electron chi connectivity index (χ1n) is 1.75. The monoisotopic (exact) mass is 311 g/mol. The molecule has 0 aliphatic carbocycles. The van der Waals surface area contributed by atoms with Crippen molar-refractivity contribution < 1.29 is 0 Å². The Labute approximate surface area is 66.5 Å². The Morgan fingerprint density at radius 3 is 1.50 bits per heavy atom. The first-order chi connectivity index (χ1) is 2.64. The maximum absolute atomic E-state index is 2.25. The summed E-state index contributed by atoms with van der Waals surface area (Å²) in [6.45, 7) is 4.30. The van der Waals surface area contributed by atoms with E-state index in [4.69, 9.17) is 0 Å². The molecule has 0 aromatic heterocycles. The highest BCUT2D eigenvalue weighted by Crippen LogP contribution is 2.11. The zero-order chi connectivity index (χ0) is 5.15. The second-order valence-electron chi connectivity index (χ2n) is 1.35. The minimum atomic E-state index is 0.659. The van der Waals surface area contributed by atoms with Crippen LogP contribution in [0, 0.1) is 0 Å². The van der Waals surface area contributed by atoms with Gasteiger partial charge >= 0.3 is 0 Å². The first kappa shape index (κ1) is 7.42. The number of nitrogens with zero attached hydrogens (tertiary/aromatic N) is 1. The second-order valence-corrected chi connectivity index (χ2v) is 5.28. The maximum atomic E-state index is 2.25. The average Bonchev–Trinajstić information content (AvgIpc) is 1.36. The van der Waals surface area contributed by atoms with Gasteiger partial charge in [-0.15, -0.1) is 0 Å². The number of halogens is 2. The summed E-state index contributed by atoms with van der Waals surface area (Å²) in [4.78, 5) is 0. The first-order valence-corrected chi connectivity index (χ1v) is 3.68. The normalized spacial score (nSPS) is 11.0. The standard InChI is InChI=1S/C3H7I2N/c1-3(2)6(4)5/h3H,1-2H3. The third-order valence-corrected chi connectivity index (χ3v) is 2.62. The van der Waals surface area contributed by atoms with Crippen LogP contribution in [-0.2, 0) is 0 Å². The van der Waals surface area contributed by atoms with Crippen LogP contribution in [0.25, 0.3) is 0 Å². The molecule has 0 saturated carbocycles. The molecule has 0 heterocycles. The quantitative estimate of drug-likeness (QED) is 0.531. The minimum absolute atomic E-state index is 0.659. The van der Waals surface area contributed by atoms with Crippen molar-refractivity contribution in [2.24, 2.45) is 0 Å². The number of hydrogen-bond acceptors (Lipinski definition) is 1. The summed E-state index contributed by atoms with van der Waals surface area (Å²) in [5.41, 5.74) is 0. The van der Waals surface area contributed by atoms with Crippen molar-refractivity contribution in [2.75, 3.05) is 0 Å². The smallest absolute Gasteiger partial charge is 0.0311 e. The lowest BCUT2D eigenvalue weighted by Gasteiger charge is -2.06. The van der Waals surface area contributed by atoms with Crippen LogP contribution in [0.15, 0.2) is 0 Å². The predicted molar refractivity (Wildman–Crippen MR) is 45.0 cm³/mol. The van der Waals surface area contributed by atoms with Gasteiger partial charge in [-0.1, -0.05) is 0 Å². The van der Waals surface area contributed by atoms with Gasteiger partial charge in [-0.2, -0.15) is 1.33 Å². The summed E-state index contributed by atoms with van der Waals surface area (Å²) < 4.78 is 2.11. The summed E-state index contributed by atoms with van der Waals surface area (Å²) in [7, 11) is 0. The van der Waals surface area contributed by atoms with Crippen LogP contribution in [0.1, 0.15) is 13.8 Å². The van der Waals surface area contributed by atoms with E-state index in [1.54, 1.807) is 0 Å². The molecule has 0 atom stereocenters. The van der Waals surface area contributed by atoms with Crippen molar-refractivity contribution in [3.8, 4) is 0 Å².